The fourth-order valence-corrected chi connectivity index (χ4v) is 4.52. The summed E-state index contributed by atoms with van der Waals surface area (Å²) in [6.07, 6.45) is 0. The van der Waals surface area contributed by atoms with Gasteiger partial charge in [-0.2, -0.15) is 0 Å². The first kappa shape index (κ1) is 18.1. The number of benzene rings is 2. The van der Waals surface area contributed by atoms with Gasteiger partial charge in [0.1, 0.15) is 11.7 Å². The van der Waals surface area contributed by atoms with Crippen LogP contribution in [-0.4, -0.2) is 23.4 Å². The highest BCUT2D eigenvalue weighted by atomic mass is 35.5. The zero-order chi connectivity index (χ0) is 19.2. The summed E-state index contributed by atoms with van der Waals surface area (Å²) in [7, 11) is 0. The first-order valence-electron chi connectivity index (χ1n) is 8.76. The molecule has 0 radical (unpaired) electrons. The Hall–Kier alpha value is -2.31. The number of anilines is 1. The van der Waals surface area contributed by atoms with Crippen LogP contribution in [0.15, 0.2) is 48.5 Å². The van der Waals surface area contributed by atoms with Gasteiger partial charge in [0.05, 0.1) is 12.6 Å². The van der Waals surface area contributed by atoms with E-state index in [1.807, 2.05) is 48.2 Å². The van der Waals surface area contributed by atoms with Gasteiger partial charge < -0.3 is 14.8 Å². The maximum absolute atomic E-state index is 12.9. The Labute approximate surface area is 168 Å². The van der Waals surface area contributed by atoms with Gasteiger partial charge in [0.25, 0.3) is 0 Å². The zero-order valence-corrected chi connectivity index (χ0v) is 16.5. The quantitative estimate of drug-likeness (QED) is 0.617. The standard InChI is InChI=1S/C20H19ClN2O3S/c1-3-25-18(24)16-17-14-9-4-5-10-15(14)26-20(16,2)23(19(27)22-17)13-8-6-7-12(21)11-13/h4-11,16-17H,3H2,1-2H3,(H,22,27)/t16-,17+,20+/m1/s1. The molecule has 140 valence electrons. The molecule has 7 heteroatoms. The molecule has 0 aliphatic carbocycles. The third-order valence-electron chi connectivity index (χ3n) is 5.01. The molecule has 0 spiro atoms. The Kier molecular flexibility index (Phi) is 4.48. The molecule has 2 heterocycles. The van der Waals surface area contributed by atoms with E-state index in [2.05, 4.69) is 5.32 Å². The number of hydrogen-bond acceptors (Lipinski definition) is 4. The predicted octanol–water partition coefficient (Wildman–Crippen LogP) is 4.06. The second-order valence-corrected chi connectivity index (χ2v) is 7.49. The fraction of sp³-hybridized carbons (Fsp3) is 0.300. The van der Waals surface area contributed by atoms with E-state index in [0.717, 1.165) is 11.3 Å². The molecule has 0 amide bonds. The van der Waals surface area contributed by atoms with Crippen molar-refractivity contribution in [1.29, 1.82) is 0 Å². The second-order valence-electron chi connectivity index (χ2n) is 6.67. The second kappa shape index (κ2) is 6.69. The van der Waals surface area contributed by atoms with Crippen LogP contribution in [0.2, 0.25) is 5.02 Å². The first-order valence-corrected chi connectivity index (χ1v) is 9.55. The van der Waals surface area contributed by atoms with E-state index < -0.39 is 11.6 Å². The maximum atomic E-state index is 12.9. The summed E-state index contributed by atoms with van der Waals surface area (Å²) < 4.78 is 11.8. The van der Waals surface area contributed by atoms with Crippen molar-refractivity contribution >= 4 is 40.6 Å². The lowest BCUT2D eigenvalue weighted by Crippen LogP contribution is -2.71. The van der Waals surface area contributed by atoms with Crippen molar-refractivity contribution in [3.05, 3.63) is 59.1 Å². The highest BCUT2D eigenvalue weighted by Gasteiger charge is 2.59. The number of nitrogens with zero attached hydrogens (tertiary/aromatic N) is 1. The van der Waals surface area contributed by atoms with Crippen LogP contribution < -0.4 is 15.0 Å². The van der Waals surface area contributed by atoms with Gasteiger partial charge in [-0.15, -0.1) is 0 Å². The van der Waals surface area contributed by atoms with Crippen molar-refractivity contribution in [3.63, 3.8) is 0 Å². The third-order valence-corrected chi connectivity index (χ3v) is 5.55. The van der Waals surface area contributed by atoms with E-state index in [-0.39, 0.29) is 12.0 Å². The number of nitrogens with one attached hydrogen (secondary N) is 1. The van der Waals surface area contributed by atoms with Crippen molar-refractivity contribution in [2.24, 2.45) is 5.92 Å². The lowest BCUT2D eigenvalue weighted by Gasteiger charge is -2.55. The minimum absolute atomic E-state index is 0.293. The van der Waals surface area contributed by atoms with Gasteiger partial charge >= 0.3 is 5.97 Å². The summed E-state index contributed by atoms with van der Waals surface area (Å²) in [5.74, 6) is -0.230. The number of carbonyl (C=O) groups excluding carboxylic acids is 1. The van der Waals surface area contributed by atoms with Crippen molar-refractivity contribution < 1.29 is 14.3 Å². The molecular weight excluding hydrogens is 384 g/mol. The minimum Gasteiger partial charge on any atom is -0.466 e. The van der Waals surface area contributed by atoms with Crippen LogP contribution in [0.3, 0.4) is 0 Å². The van der Waals surface area contributed by atoms with Gasteiger partial charge in [-0.05, 0) is 50.3 Å². The summed E-state index contributed by atoms with van der Waals surface area (Å²) in [5.41, 5.74) is 0.578. The third kappa shape index (κ3) is 2.84. The van der Waals surface area contributed by atoms with Crippen LogP contribution in [0.5, 0.6) is 5.75 Å². The van der Waals surface area contributed by atoms with Crippen LogP contribution in [0.4, 0.5) is 5.69 Å². The number of fused-ring (bicyclic) bond motifs is 4. The topological polar surface area (TPSA) is 50.8 Å². The maximum Gasteiger partial charge on any atom is 0.317 e. The van der Waals surface area contributed by atoms with Crippen molar-refractivity contribution in [2.45, 2.75) is 25.6 Å². The van der Waals surface area contributed by atoms with E-state index in [9.17, 15) is 4.79 Å². The summed E-state index contributed by atoms with van der Waals surface area (Å²) in [5, 5.41) is 4.37. The molecule has 1 N–H and O–H groups in total. The SMILES string of the molecule is CCOC(=O)[C@H]1[C@H]2NC(=S)N(c3cccc(Cl)c3)[C@@]1(C)Oc1ccccc12. The lowest BCUT2D eigenvalue weighted by atomic mass is 9.79. The average molecular weight is 403 g/mol. The van der Waals surface area contributed by atoms with E-state index >= 15 is 0 Å². The summed E-state index contributed by atoms with van der Waals surface area (Å²) >= 11 is 11.8. The monoisotopic (exact) mass is 402 g/mol. The first-order chi connectivity index (χ1) is 13.0. The number of thiocarbonyl (C=S) groups is 1. The molecule has 5 nitrogen and oxygen atoms in total. The fourth-order valence-electron chi connectivity index (χ4n) is 3.93. The highest BCUT2D eigenvalue weighted by molar-refractivity contribution is 7.80. The lowest BCUT2D eigenvalue weighted by molar-refractivity contribution is -0.159. The van der Waals surface area contributed by atoms with Crippen molar-refractivity contribution in [1.82, 2.24) is 5.32 Å². The minimum atomic E-state index is -1.06. The van der Waals surface area contributed by atoms with Gasteiger partial charge in [-0.25, -0.2) is 0 Å². The average Bonchev–Trinajstić information content (AvgIpc) is 2.61. The molecule has 27 heavy (non-hydrogen) atoms. The predicted molar refractivity (Wildman–Crippen MR) is 108 cm³/mol. The van der Waals surface area contributed by atoms with Crippen LogP contribution >= 0.6 is 23.8 Å². The molecule has 2 aliphatic rings. The molecule has 4 rings (SSSR count). The molecule has 2 aromatic carbocycles. The molecule has 3 atom stereocenters. The summed E-state index contributed by atoms with van der Waals surface area (Å²) in [6, 6.07) is 14.6. The zero-order valence-electron chi connectivity index (χ0n) is 14.9. The Morgan fingerprint density at radius 2 is 2.11 bits per heavy atom. The number of ether oxygens (including phenoxy) is 2. The summed E-state index contributed by atoms with van der Waals surface area (Å²) in [6.45, 7) is 3.95. The molecule has 1 fully saturated rings. The van der Waals surface area contributed by atoms with Crippen molar-refractivity contribution in [3.8, 4) is 5.75 Å². The highest BCUT2D eigenvalue weighted by Crippen LogP contribution is 2.49. The van der Waals surface area contributed by atoms with E-state index in [1.54, 1.807) is 19.1 Å². The Bertz CT molecular complexity index is 922. The molecule has 0 saturated carbocycles. The number of rotatable bonds is 3. The molecule has 0 aromatic heterocycles. The molecule has 2 bridgehead atoms. The Morgan fingerprint density at radius 3 is 2.85 bits per heavy atom. The number of para-hydroxylation sites is 1. The molecule has 1 saturated heterocycles. The number of hydrogen-bond donors (Lipinski definition) is 1. The van der Waals surface area contributed by atoms with Crippen molar-refractivity contribution in [2.75, 3.05) is 11.5 Å². The van der Waals surface area contributed by atoms with Gasteiger partial charge in [0.15, 0.2) is 5.11 Å². The van der Waals surface area contributed by atoms with Gasteiger partial charge in [-0.3, -0.25) is 9.69 Å². The van der Waals surface area contributed by atoms with E-state index in [1.165, 1.54) is 0 Å². The van der Waals surface area contributed by atoms with Gasteiger partial charge in [0, 0.05) is 16.3 Å². The molecule has 2 aliphatic heterocycles. The van der Waals surface area contributed by atoms with Crippen LogP contribution in [-0.2, 0) is 9.53 Å². The number of halogens is 1. The van der Waals surface area contributed by atoms with Gasteiger partial charge in [0.2, 0.25) is 5.72 Å². The number of carbonyl (C=O) groups is 1. The van der Waals surface area contributed by atoms with E-state index in [4.69, 9.17) is 33.3 Å². The van der Waals surface area contributed by atoms with Crippen LogP contribution in [0.25, 0.3) is 0 Å². The largest absolute Gasteiger partial charge is 0.466 e. The van der Waals surface area contributed by atoms with Gasteiger partial charge in [-0.1, -0.05) is 35.9 Å². The number of esters is 1. The van der Waals surface area contributed by atoms with Crippen LogP contribution in [0.1, 0.15) is 25.5 Å². The Balaban J connectivity index is 1.89. The Morgan fingerprint density at radius 1 is 1.33 bits per heavy atom. The molecule has 2 aromatic rings. The summed E-state index contributed by atoms with van der Waals surface area (Å²) in [4.78, 5) is 14.7. The van der Waals surface area contributed by atoms with Crippen LogP contribution in [0, 0.1) is 5.92 Å². The normalized spacial score (nSPS) is 25.9. The molecular formula is C20H19ClN2O3S. The smallest absolute Gasteiger partial charge is 0.317 e. The van der Waals surface area contributed by atoms with E-state index in [0.29, 0.717) is 22.5 Å². The molecule has 0 unspecified atom stereocenters.